The summed E-state index contributed by atoms with van der Waals surface area (Å²) >= 11 is 0. The van der Waals surface area contributed by atoms with Crippen LogP contribution in [0.5, 0.6) is 0 Å². The van der Waals surface area contributed by atoms with Crippen molar-refractivity contribution < 1.29 is 19.5 Å². The lowest BCUT2D eigenvalue weighted by atomic mass is 10.1. The van der Waals surface area contributed by atoms with Crippen LogP contribution in [-0.2, 0) is 14.4 Å². The fraction of sp³-hybridized carbons (Fsp3) is 0.250. The molecule has 3 atom stereocenters. The van der Waals surface area contributed by atoms with E-state index in [4.69, 9.17) is 16.2 Å². The highest BCUT2D eigenvalue weighted by Crippen LogP contribution is 2.40. The largest absolute Gasteiger partial charge is 0.481 e. The average molecular weight is 395 g/mol. The predicted octanol–water partition coefficient (Wildman–Crippen LogP) is 1.27. The average Bonchev–Trinajstić information content (AvgIpc) is 3.49. The van der Waals surface area contributed by atoms with Crippen molar-refractivity contribution in [1.29, 1.82) is 5.41 Å². The molecule has 9 heteroatoms. The van der Waals surface area contributed by atoms with Crippen molar-refractivity contribution in [3.8, 4) is 0 Å². The number of nitrogens with two attached hydrogens (primary N) is 1. The van der Waals surface area contributed by atoms with Gasteiger partial charge in [-0.25, -0.2) is 0 Å². The number of nitrogen functional groups attached to an aromatic ring is 1. The minimum atomic E-state index is -1.04. The van der Waals surface area contributed by atoms with E-state index in [1.807, 2.05) is 0 Å². The molecule has 0 radical (unpaired) electrons. The highest BCUT2D eigenvalue weighted by molar-refractivity contribution is 6.00. The molecule has 1 heterocycles. The molecule has 29 heavy (non-hydrogen) atoms. The molecule has 2 unspecified atom stereocenters. The molecule has 2 aromatic rings. The Balaban J connectivity index is 1.57. The van der Waals surface area contributed by atoms with Crippen molar-refractivity contribution in [3.63, 3.8) is 0 Å². The SMILES string of the molecule is N=C(N)c1ccc(NC(=O)C2CC2C(=O)N[C@@H](CC(=O)O)c2cccnc2)cc1. The second-order valence-corrected chi connectivity index (χ2v) is 6.87. The third-order valence-electron chi connectivity index (χ3n) is 4.71. The number of nitrogens with one attached hydrogen (secondary N) is 3. The minimum Gasteiger partial charge on any atom is -0.481 e. The van der Waals surface area contributed by atoms with Gasteiger partial charge in [-0.2, -0.15) is 0 Å². The number of hydrogen-bond donors (Lipinski definition) is 5. The summed E-state index contributed by atoms with van der Waals surface area (Å²) in [5, 5.41) is 21.9. The van der Waals surface area contributed by atoms with Crippen LogP contribution in [0, 0.1) is 17.2 Å². The molecule has 1 aromatic carbocycles. The molecular weight excluding hydrogens is 374 g/mol. The Morgan fingerprint density at radius 2 is 1.86 bits per heavy atom. The molecule has 0 aliphatic heterocycles. The van der Waals surface area contributed by atoms with E-state index in [0.717, 1.165) is 0 Å². The van der Waals surface area contributed by atoms with Gasteiger partial charge in [-0.1, -0.05) is 6.07 Å². The number of anilines is 1. The van der Waals surface area contributed by atoms with Crippen molar-refractivity contribution in [2.45, 2.75) is 18.9 Å². The maximum Gasteiger partial charge on any atom is 0.305 e. The van der Waals surface area contributed by atoms with E-state index < -0.39 is 23.8 Å². The van der Waals surface area contributed by atoms with Crippen LogP contribution in [0.15, 0.2) is 48.8 Å². The van der Waals surface area contributed by atoms with Crippen molar-refractivity contribution in [3.05, 3.63) is 59.9 Å². The van der Waals surface area contributed by atoms with Crippen molar-refractivity contribution >= 4 is 29.3 Å². The van der Waals surface area contributed by atoms with Crippen LogP contribution in [0.2, 0.25) is 0 Å². The first-order valence-electron chi connectivity index (χ1n) is 9.02. The number of carbonyl (C=O) groups excluding carboxylic acids is 2. The topological polar surface area (TPSA) is 158 Å². The molecule has 150 valence electrons. The first-order chi connectivity index (χ1) is 13.8. The van der Waals surface area contributed by atoms with Crippen LogP contribution < -0.4 is 16.4 Å². The number of pyridine rings is 1. The third-order valence-corrected chi connectivity index (χ3v) is 4.71. The molecule has 3 rings (SSSR count). The van der Waals surface area contributed by atoms with Gasteiger partial charge in [0.25, 0.3) is 0 Å². The molecule has 6 N–H and O–H groups in total. The van der Waals surface area contributed by atoms with Crippen LogP contribution in [-0.4, -0.2) is 33.7 Å². The zero-order valence-corrected chi connectivity index (χ0v) is 15.5. The Kier molecular flexibility index (Phi) is 5.87. The van der Waals surface area contributed by atoms with Crippen molar-refractivity contribution in [2.24, 2.45) is 17.6 Å². The molecule has 1 aliphatic rings. The summed E-state index contributed by atoms with van der Waals surface area (Å²) in [4.78, 5) is 40.0. The van der Waals surface area contributed by atoms with Gasteiger partial charge in [-0.05, 0) is 42.3 Å². The minimum absolute atomic E-state index is 0.0636. The number of aliphatic carboxylic acids is 1. The summed E-state index contributed by atoms with van der Waals surface area (Å²) in [5.74, 6) is -2.71. The summed E-state index contributed by atoms with van der Waals surface area (Å²) in [7, 11) is 0. The second-order valence-electron chi connectivity index (χ2n) is 6.87. The number of nitrogens with zero attached hydrogens (tertiary/aromatic N) is 1. The molecule has 9 nitrogen and oxygen atoms in total. The van der Waals surface area contributed by atoms with Gasteiger partial charge in [0.15, 0.2) is 0 Å². The van der Waals surface area contributed by atoms with Gasteiger partial charge < -0.3 is 21.5 Å². The number of rotatable bonds is 8. The molecule has 1 aromatic heterocycles. The Bertz CT molecular complexity index is 930. The van der Waals surface area contributed by atoms with Crippen LogP contribution in [0.1, 0.15) is 30.0 Å². The molecule has 0 spiro atoms. The van der Waals surface area contributed by atoms with Crippen LogP contribution >= 0.6 is 0 Å². The number of benzene rings is 1. The maximum atomic E-state index is 12.5. The summed E-state index contributed by atoms with van der Waals surface area (Å²) in [5.41, 5.74) is 7.08. The van der Waals surface area contributed by atoms with Crippen LogP contribution in [0.25, 0.3) is 0 Å². The van der Waals surface area contributed by atoms with Gasteiger partial charge in [0, 0.05) is 23.6 Å². The third kappa shape index (κ3) is 5.16. The van der Waals surface area contributed by atoms with E-state index in [-0.39, 0.29) is 24.1 Å². The molecule has 1 saturated carbocycles. The summed E-state index contributed by atoms with van der Waals surface area (Å²) in [6.07, 6.45) is 3.20. The highest BCUT2D eigenvalue weighted by atomic mass is 16.4. The summed E-state index contributed by atoms with van der Waals surface area (Å²) in [6.45, 7) is 0. The van der Waals surface area contributed by atoms with E-state index in [1.165, 1.54) is 6.20 Å². The standard InChI is InChI=1S/C20H21N5O4/c21-18(22)11-3-5-13(6-4-11)24-19(28)14-8-15(14)20(29)25-16(9-17(26)27)12-2-1-7-23-10-12/h1-7,10,14-16H,8-9H2,(H3,21,22)(H,24,28)(H,25,29)(H,26,27)/t14?,15?,16-/m0/s1. The Hall–Kier alpha value is -3.75. The fourth-order valence-electron chi connectivity index (χ4n) is 3.03. The van der Waals surface area contributed by atoms with Crippen LogP contribution in [0.4, 0.5) is 5.69 Å². The van der Waals surface area contributed by atoms with Gasteiger partial charge in [0.2, 0.25) is 11.8 Å². The Labute approximate surface area is 166 Å². The molecule has 0 bridgehead atoms. The fourth-order valence-corrected chi connectivity index (χ4v) is 3.03. The lowest BCUT2D eigenvalue weighted by Gasteiger charge is -2.17. The van der Waals surface area contributed by atoms with Crippen molar-refractivity contribution in [1.82, 2.24) is 10.3 Å². The number of carboxylic acids is 1. The van der Waals surface area contributed by atoms with E-state index >= 15 is 0 Å². The number of amidine groups is 1. The monoisotopic (exact) mass is 395 g/mol. The lowest BCUT2D eigenvalue weighted by Crippen LogP contribution is -2.32. The predicted molar refractivity (Wildman–Crippen MR) is 105 cm³/mol. The van der Waals surface area contributed by atoms with Gasteiger partial charge in [0.05, 0.1) is 24.3 Å². The molecule has 0 saturated heterocycles. The number of hydrogen-bond acceptors (Lipinski definition) is 5. The van der Waals surface area contributed by atoms with E-state index in [1.54, 1.807) is 42.6 Å². The molecular formula is C20H21N5O4. The quantitative estimate of drug-likeness (QED) is 0.334. The van der Waals surface area contributed by atoms with E-state index in [0.29, 0.717) is 23.2 Å². The second kappa shape index (κ2) is 8.51. The van der Waals surface area contributed by atoms with Gasteiger partial charge in [0.1, 0.15) is 5.84 Å². The molecule has 1 aliphatic carbocycles. The van der Waals surface area contributed by atoms with Gasteiger partial charge in [-0.15, -0.1) is 0 Å². The number of aromatic nitrogens is 1. The smallest absolute Gasteiger partial charge is 0.305 e. The number of carboxylic acid groups (broad SMARTS) is 1. The first kappa shape index (κ1) is 20.0. The highest BCUT2D eigenvalue weighted by Gasteiger charge is 2.48. The molecule has 1 fully saturated rings. The first-order valence-corrected chi connectivity index (χ1v) is 9.02. The molecule has 2 amide bonds. The zero-order chi connectivity index (χ0) is 21.0. The van der Waals surface area contributed by atoms with Gasteiger partial charge in [-0.3, -0.25) is 24.8 Å². The summed E-state index contributed by atoms with van der Waals surface area (Å²) < 4.78 is 0. The maximum absolute atomic E-state index is 12.5. The van der Waals surface area contributed by atoms with E-state index in [9.17, 15) is 14.4 Å². The van der Waals surface area contributed by atoms with Crippen LogP contribution in [0.3, 0.4) is 0 Å². The zero-order valence-electron chi connectivity index (χ0n) is 15.5. The van der Waals surface area contributed by atoms with Crippen molar-refractivity contribution in [2.75, 3.05) is 5.32 Å². The summed E-state index contributed by atoms with van der Waals surface area (Å²) in [6, 6.07) is 9.18. The number of amides is 2. The van der Waals surface area contributed by atoms with E-state index in [2.05, 4.69) is 15.6 Å². The Morgan fingerprint density at radius 3 is 2.45 bits per heavy atom. The number of carbonyl (C=O) groups is 3. The Morgan fingerprint density at radius 1 is 1.17 bits per heavy atom. The lowest BCUT2D eigenvalue weighted by molar-refractivity contribution is -0.138. The van der Waals surface area contributed by atoms with Gasteiger partial charge >= 0.3 is 5.97 Å². The normalized spacial score (nSPS) is 18.3.